The molecule has 0 spiro atoms. The van der Waals surface area contributed by atoms with E-state index in [0.29, 0.717) is 5.69 Å². The molecule has 0 radical (unpaired) electrons. The van der Waals surface area contributed by atoms with E-state index < -0.39 is 23.7 Å². The molecule has 9 heteroatoms. The number of amides is 2. The van der Waals surface area contributed by atoms with Crippen molar-refractivity contribution >= 4 is 28.6 Å². The first-order valence-corrected chi connectivity index (χ1v) is 8.73. The third kappa shape index (κ3) is 4.50. The summed E-state index contributed by atoms with van der Waals surface area (Å²) in [7, 11) is 0. The normalized spacial score (nSPS) is 11.3. The standard InChI is InChI=1S/C20H18F3N3O3/c1-3-29-18(27)16-11-26(17-10-13(20(21,22)23)6-9-15(16)17)25-19(28)24-14-7-4-12(2)5-8-14/h4-11H,3H2,1-2H3,(H2,24,25,28). The minimum Gasteiger partial charge on any atom is -0.462 e. The number of hydrogen-bond donors (Lipinski definition) is 2. The molecule has 3 rings (SSSR count). The number of rotatable bonds is 4. The lowest BCUT2D eigenvalue weighted by molar-refractivity contribution is -0.137. The van der Waals surface area contributed by atoms with Crippen LogP contribution in [0.4, 0.5) is 23.7 Å². The van der Waals surface area contributed by atoms with Crippen LogP contribution >= 0.6 is 0 Å². The van der Waals surface area contributed by atoms with Crippen molar-refractivity contribution in [1.82, 2.24) is 4.68 Å². The molecule has 0 aliphatic carbocycles. The summed E-state index contributed by atoms with van der Waals surface area (Å²) in [5.74, 6) is -0.697. The third-order valence-electron chi connectivity index (χ3n) is 4.16. The summed E-state index contributed by atoms with van der Waals surface area (Å²) in [6, 6.07) is 9.22. The predicted molar refractivity (Wildman–Crippen MR) is 102 cm³/mol. The van der Waals surface area contributed by atoms with Crippen LogP contribution in [0.15, 0.2) is 48.7 Å². The molecule has 0 saturated heterocycles. The van der Waals surface area contributed by atoms with E-state index in [9.17, 15) is 22.8 Å². The first-order valence-electron chi connectivity index (χ1n) is 8.73. The van der Waals surface area contributed by atoms with Crippen LogP contribution in [0.2, 0.25) is 0 Å². The van der Waals surface area contributed by atoms with Crippen LogP contribution in [-0.2, 0) is 10.9 Å². The lowest BCUT2D eigenvalue weighted by Gasteiger charge is -2.11. The zero-order valence-electron chi connectivity index (χ0n) is 15.6. The average Bonchev–Trinajstić information content (AvgIpc) is 3.01. The number of nitrogens with zero attached hydrogens (tertiary/aromatic N) is 1. The molecule has 2 N–H and O–H groups in total. The van der Waals surface area contributed by atoms with Crippen LogP contribution in [0.3, 0.4) is 0 Å². The van der Waals surface area contributed by atoms with Gasteiger partial charge in [0.2, 0.25) is 0 Å². The maximum Gasteiger partial charge on any atom is 0.416 e. The number of esters is 1. The van der Waals surface area contributed by atoms with E-state index in [4.69, 9.17) is 4.74 Å². The van der Waals surface area contributed by atoms with Gasteiger partial charge in [-0.15, -0.1) is 0 Å². The monoisotopic (exact) mass is 405 g/mol. The third-order valence-corrected chi connectivity index (χ3v) is 4.16. The fraction of sp³-hybridized carbons (Fsp3) is 0.200. The van der Waals surface area contributed by atoms with Crippen LogP contribution in [0.25, 0.3) is 10.9 Å². The van der Waals surface area contributed by atoms with Gasteiger partial charge in [-0.3, -0.25) is 4.68 Å². The van der Waals surface area contributed by atoms with E-state index in [1.165, 1.54) is 12.3 Å². The lowest BCUT2D eigenvalue weighted by atomic mass is 10.1. The van der Waals surface area contributed by atoms with Crippen molar-refractivity contribution in [2.24, 2.45) is 0 Å². The first kappa shape index (κ1) is 20.2. The number of alkyl halides is 3. The molecule has 0 aliphatic rings. The lowest BCUT2D eigenvalue weighted by Crippen LogP contribution is -2.27. The Kier molecular flexibility index (Phi) is 5.49. The van der Waals surface area contributed by atoms with Gasteiger partial charge >= 0.3 is 18.2 Å². The molecule has 1 aromatic heterocycles. The van der Waals surface area contributed by atoms with Gasteiger partial charge in [-0.05, 0) is 38.1 Å². The molecule has 2 amide bonds. The van der Waals surface area contributed by atoms with Gasteiger partial charge in [0, 0.05) is 17.3 Å². The second-order valence-electron chi connectivity index (χ2n) is 6.29. The average molecular weight is 405 g/mol. The highest BCUT2D eigenvalue weighted by Gasteiger charge is 2.31. The van der Waals surface area contributed by atoms with Crippen LogP contribution in [-0.4, -0.2) is 23.3 Å². The highest BCUT2D eigenvalue weighted by Crippen LogP contribution is 2.33. The number of hydrogen-bond acceptors (Lipinski definition) is 3. The summed E-state index contributed by atoms with van der Waals surface area (Å²) in [4.78, 5) is 24.5. The van der Waals surface area contributed by atoms with Crippen LogP contribution < -0.4 is 10.7 Å². The molecule has 0 fully saturated rings. The molecule has 0 atom stereocenters. The van der Waals surface area contributed by atoms with Crippen molar-refractivity contribution in [2.75, 3.05) is 17.3 Å². The summed E-state index contributed by atoms with van der Waals surface area (Å²) in [5.41, 5.74) is 3.11. The molecule has 3 aromatic rings. The largest absolute Gasteiger partial charge is 0.462 e. The van der Waals surface area contributed by atoms with E-state index in [0.717, 1.165) is 22.4 Å². The first-order chi connectivity index (χ1) is 13.7. The number of urea groups is 1. The molecule has 0 aliphatic heterocycles. The van der Waals surface area contributed by atoms with Gasteiger partial charge in [0.1, 0.15) is 0 Å². The molecule has 152 valence electrons. The van der Waals surface area contributed by atoms with E-state index in [1.807, 2.05) is 6.92 Å². The Balaban J connectivity index is 1.97. The fourth-order valence-corrected chi connectivity index (χ4v) is 2.77. The highest BCUT2D eigenvalue weighted by atomic mass is 19.4. The van der Waals surface area contributed by atoms with E-state index in [2.05, 4.69) is 10.7 Å². The summed E-state index contributed by atoms with van der Waals surface area (Å²) in [5, 5.41) is 2.81. The van der Waals surface area contributed by atoms with Gasteiger partial charge in [0.15, 0.2) is 0 Å². The van der Waals surface area contributed by atoms with E-state index in [-0.39, 0.29) is 23.1 Å². The van der Waals surface area contributed by atoms with Gasteiger partial charge < -0.3 is 10.1 Å². The number of anilines is 1. The Labute approximate surface area is 164 Å². The SMILES string of the molecule is CCOC(=O)c1cn(NC(=O)Nc2ccc(C)cc2)c2cc(C(F)(F)F)ccc12. The predicted octanol–water partition coefficient (Wildman–Crippen LogP) is 4.92. The van der Waals surface area contributed by atoms with Gasteiger partial charge in [-0.2, -0.15) is 13.2 Å². The topological polar surface area (TPSA) is 72.4 Å². The van der Waals surface area contributed by atoms with E-state index in [1.54, 1.807) is 31.2 Å². The number of aromatic nitrogens is 1. The van der Waals surface area contributed by atoms with Crippen molar-refractivity contribution in [3.63, 3.8) is 0 Å². The minimum absolute atomic E-state index is 0.0157. The van der Waals surface area contributed by atoms with Crippen molar-refractivity contribution in [1.29, 1.82) is 0 Å². The van der Waals surface area contributed by atoms with Gasteiger partial charge in [0.05, 0.1) is 23.3 Å². The second kappa shape index (κ2) is 7.86. The Bertz CT molecular complexity index is 1060. The zero-order chi connectivity index (χ0) is 21.2. The van der Waals surface area contributed by atoms with Gasteiger partial charge in [0.25, 0.3) is 0 Å². The van der Waals surface area contributed by atoms with Crippen LogP contribution in [0.1, 0.15) is 28.4 Å². The maximum atomic E-state index is 13.1. The molecule has 0 saturated carbocycles. The number of ether oxygens (including phenoxy) is 1. The van der Waals surface area contributed by atoms with Crippen LogP contribution in [0, 0.1) is 6.92 Å². The molecule has 2 aromatic carbocycles. The van der Waals surface area contributed by atoms with E-state index >= 15 is 0 Å². The maximum absolute atomic E-state index is 13.1. The van der Waals surface area contributed by atoms with Gasteiger partial charge in [-0.25, -0.2) is 15.0 Å². The molecule has 0 bridgehead atoms. The molecular formula is C20H18F3N3O3. The molecule has 29 heavy (non-hydrogen) atoms. The Morgan fingerprint density at radius 1 is 1.10 bits per heavy atom. The van der Waals surface area contributed by atoms with Gasteiger partial charge in [-0.1, -0.05) is 23.8 Å². The summed E-state index contributed by atoms with van der Waals surface area (Å²) in [6.07, 6.45) is -3.34. The molecule has 0 unspecified atom stereocenters. The number of fused-ring (bicyclic) bond motifs is 1. The number of nitrogens with one attached hydrogen (secondary N) is 2. The Morgan fingerprint density at radius 3 is 2.41 bits per heavy atom. The second-order valence-corrected chi connectivity index (χ2v) is 6.29. The molecular weight excluding hydrogens is 387 g/mol. The number of carbonyl (C=O) groups is 2. The van der Waals surface area contributed by atoms with Crippen molar-refractivity contribution in [3.8, 4) is 0 Å². The van der Waals surface area contributed by atoms with Crippen molar-refractivity contribution in [2.45, 2.75) is 20.0 Å². The van der Waals surface area contributed by atoms with Crippen molar-refractivity contribution < 1.29 is 27.5 Å². The Morgan fingerprint density at radius 2 is 1.79 bits per heavy atom. The highest BCUT2D eigenvalue weighted by molar-refractivity contribution is 6.05. The Hall–Kier alpha value is -3.49. The zero-order valence-corrected chi connectivity index (χ0v) is 15.6. The number of benzene rings is 2. The fourth-order valence-electron chi connectivity index (χ4n) is 2.77. The summed E-state index contributed by atoms with van der Waals surface area (Å²) < 4.78 is 45.4. The molecule has 1 heterocycles. The van der Waals surface area contributed by atoms with Crippen LogP contribution in [0.5, 0.6) is 0 Å². The number of carbonyl (C=O) groups excluding carboxylic acids is 2. The smallest absolute Gasteiger partial charge is 0.416 e. The van der Waals surface area contributed by atoms with Crippen molar-refractivity contribution in [3.05, 3.63) is 65.4 Å². The molecule has 6 nitrogen and oxygen atoms in total. The quantitative estimate of drug-likeness (QED) is 0.605. The minimum atomic E-state index is -4.57. The summed E-state index contributed by atoms with van der Waals surface area (Å²) >= 11 is 0. The number of halogens is 3. The summed E-state index contributed by atoms with van der Waals surface area (Å²) in [6.45, 7) is 3.62. The number of aryl methyl sites for hydroxylation is 1.